The van der Waals surface area contributed by atoms with Gasteiger partial charge in [0.2, 0.25) is 0 Å². The molecule has 1 aromatic carbocycles. The molecule has 0 spiro atoms. The second-order valence-corrected chi connectivity index (χ2v) is 4.13. The first-order chi connectivity index (χ1) is 8.66. The van der Waals surface area contributed by atoms with Gasteiger partial charge in [0.1, 0.15) is 0 Å². The first-order valence-electron chi connectivity index (χ1n) is 5.40. The number of hydrogen-bond donors (Lipinski definition) is 2. The molecule has 0 aliphatic heterocycles. The summed E-state index contributed by atoms with van der Waals surface area (Å²) in [6.07, 6.45) is 3.22. The van der Waals surface area contributed by atoms with E-state index in [1.165, 1.54) is 0 Å². The monoisotopic (exact) mass is 261 g/mol. The molecule has 0 radical (unpaired) electrons. The Hall–Kier alpha value is -2.07. The SMILES string of the molecule is Cc1c(Cl)cccc1NC(=O)Nc1ccncc1. The van der Waals surface area contributed by atoms with Gasteiger partial charge < -0.3 is 10.6 Å². The van der Waals surface area contributed by atoms with Crippen LogP contribution in [0.25, 0.3) is 0 Å². The molecule has 1 aromatic heterocycles. The van der Waals surface area contributed by atoms with Crippen LogP contribution in [0.2, 0.25) is 5.02 Å². The minimum Gasteiger partial charge on any atom is -0.308 e. The largest absolute Gasteiger partial charge is 0.323 e. The van der Waals surface area contributed by atoms with Gasteiger partial charge in [-0.2, -0.15) is 0 Å². The molecular weight excluding hydrogens is 250 g/mol. The lowest BCUT2D eigenvalue weighted by atomic mass is 10.2. The lowest BCUT2D eigenvalue weighted by Crippen LogP contribution is -2.19. The third-order valence-electron chi connectivity index (χ3n) is 2.45. The minimum atomic E-state index is -0.313. The van der Waals surface area contributed by atoms with E-state index >= 15 is 0 Å². The Bertz CT molecular complexity index is 557. The molecule has 2 N–H and O–H groups in total. The van der Waals surface area contributed by atoms with E-state index in [4.69, 9.17) is 11.6 Å². The van der Waals surface area contributed by atoms with Gasteiger partial charge in [0.15, 0.2) is 0 Å². The number of benzene rings is 1. The van der Waals surface area contributed by atoms with Crippen molar-refractivity contribution in [1.29, 1.82) is 0 Å². The van der Waals surface area contributed by atoms with E-state index < -0.39 is 0 Å². The number of nitrogens with zero attached hydrogens (tertiary/aromatic N) is 1. The third kappa shape index (κ3) is 2.99. The molecule has 0 fully saturated rings. The maximum Gasteiger partial charge on any atom is 0.323 e. The second-order valence-electron chi connectivity index (χ2n) is 3.73. The van der Waals surface area contributed by atoms with Crippen LogP contribution in [-0.2, 0) is 0 Å². The fraction of sp³-hybridized carbons (Fsp3) is 0.0769. The Labute approximate surface area is 110 Å². The fourth-order valence-corrected chi connectivity index (χ4v) is 1.64. The van der Waals surface area contributed by atoms with Crippen LogP contribution in [0, 0.1) is 6.92 Å². The highest BCUT2D eigenvalue weighted by Gasteiger charge is 2.06. The summed E-state index contributed by atoms with van der Waals surface area (Å²) in [5.74, 6) is 0. The highest BCUT2D eigenvalue weighted by Crippen LogP contribution is 2.22. The van der Waals surface area contributed by atoms with Gasteiger partial charge in [-0.25, -0.2) is 4.79 Å². The van der Waals surface area contributed by atoms with Gasteiger partial charge in [0.25, 0.3) is 0 Å². The Morgan fingerprint density at radius 3 is 2.61 bits per heavy atom. The number of aromatic nitrogens is 1. The molecule has 18 heavy (non-hydrogen) atoms. The van der Waals surface area contributed by atoms with E-state index in [1.807, 2.05) is 6.92 Å². The summed E-state index contributed by atoms with van der Waals surface area (Å²) in [5.41, 5.74) is 2.21. The fourth-order valence-electron chi connectivity index (χ4n) is 1.46. The van der Waals surface area contributed by atoms with Gasteiger partial charge in [-0.05, 0) is 36.8 Å². The zero-order valence-corrected chi connectivity index (χ0v) is 10.5. The summed E-state index contributed by atoms with van der Waals surface area (Å²) in [5, 5.41) is 6.07. The van der Waals surface area contributed by atoms with Crippen LogP contribution in [0.3, 0.4) is 0 Å². The lowest BCUT2D eigenvalue weighted by molar-refractivity contribution is 0.262. The molecule has 4 nitrogen and oxygen atoms in total. The summed E-state index contributed by atoms with van der Waals surface area (Å²) >= 11 is 5.98. The van der Waals surface area contributed by atoms with Gasteiger partial charge >= 0.3 is 6.03 Å². The molecular formula is C13H12ClN3O. The highest BCUT2D eigenvalue weighted by molar-refractivity contribution is 6.31. The van der Waals surface area contributed by atoms with Crippen LogP contribution >= 0.6 is 11.6 Å². The minimum absolute atomic E-state index is 0.313. The third-order valence-corrected chi connectivity index (χ3v) is 2.86. The topological polar surface area (TPSA) is 54.0 Å². The van der Waals surface area contributed by atoms with Gasteiger partial charge in [-0.3, -0.25) is 4.98 Å². The number of urea groups is 1. The van der Waals surface area contributed by atoms with Crippen LogP contribution in [0.15, 0.2) is 42.7 Å². The van der Waals surface area contributed by atoms with E-state index in [1.54, 1.807) is 42.7 Å². The van der Waals surface area contributed by atoms with Gasteiger partial charge in [-0.15, -0.1) is 0 Å². The quantitative estimate of drug-likeness (QED) is 0.866. The molecule has 0 saturated heterocycles. The van der Waals surface area contributed by atoms with Gasteiger partial charge in [0.05, 0.1) is 0 Å². The first-order valence-corrected chi connectivity index (χ1v) is 5.78. The van der Waals surface area contributed by atoms with Gasteiger partial charge in [0, 0.05) is 28.8 Å². The highest BCUT2D eigenvalue weighted by atomic mass is 35.5. The van der Waals surface area contributed by atoms with Crippen molar-refractivity contribution < 1.29 is 4.79 Å². The maximum absolute atomic E-state index is 11.8. The van der Waals surface area contributed by atoms with Crippen molar-refractivity contribution in [2.45, 2.75) is 6.92 Å². The van der Waals surface area contributed by atoms with Crippen LogP contribution < -0.4 is 10.6 Å². The number of carbonyl (C=O) groups excluding carboxylic acids is 1. The van der Waals surface area contributed by atoms with Crippen LogP contribution in [0.1, 0.15) is 5.56 Å². The second kappa shape index (κ2) is 5.51. The summed E-state index contributed by atoms with van der Waals surface area (Å²) < 4.78 is 0. The van der Waals surface area contributed by atoms with Crippen LogP contribution in [0.4, 0.5) is 16.2 Å². The standard InChI is InChI=1S/C13H12ClN3O/c1-9-11(14)3-2-4-12(9)17-13(18)16-10-5-7-15-8-6-10/h2-8H,1H3,(H2,15,16,17,18). The predicted molar refractivity (Wildman–Crippen MR) is 73.1 cm³/mol. The molecule has 0 bridgehead atoms. The molecule has 0 aliphatic rings. The van der Waals surface area contributed by atoms with E-state index in [0.29, 0.717) is 16.4 Å². The summed E-state index contributed by atoms with van der Waals surface area (Å²) in [7, 11) is 0. The van der Waals surface area contributed by atoms with Crippen molar-refractivity contribution in [3.8, 4) is 0 Å². The van der Waals surface area contributed by atoms with Crippen LogP contribution in [0.5, 0.6) is 0 Å². The maximum atomic E-state index is 11.8. The number of hydrogen-bond acceptors (Lipinski definition) is 2. The average Bonchev–Trinajstić information content (AvgIpc) is 2.36. The molecule has 0 atom stereocenters. The zero-order chi connectivity index (χ0) is 13.0. The zero-order valence-electron chi connectivity index (χ0n) is 9.77. The number of halogens is 1. The number of anilines is 2. The van der Waals surface area contributed by atoms with E-state index in [0.717, 1.165) is 5.56 Å². The predicted octanol–water partition coefficient (Wildman–Crippen LogP) is 3.69. The molecule has 92 valence electrons. The van der Waals surface area contributed by atoms with E-state index in [2.05, 4.69) is 15.6 Å². The van der Waals surface area contributed by atoms with E-state index in [9.17, 15) is 4.79 Å². The van der Waals surface area contributed by atoms with Crippen molar-refractivity contribution in [2.24, 2.45) is 0 Å². The average molecular weight is 262 g/mol. The van der Waals surface area contributed by atoms with Crippen LogP contribution in [-0.4, -0.2) is 11.0 Å². The number of rotatable bonds is 2. The van der Waals surface area contributed by atoms with E-state index in [-0.39, 0.29) is 6.03 Å². The molecule has 0 unspecified atom stereocenters. The van der Waals surface area contributed by atoms with Gasteiger partial charge in [-0.1, -0.05) is 17.7 Å². The van der Waals surface area contributed by atoms with Crippen molar-refractivity contribution in [3.63, 3.8) is 0 Å². The Morgan fingerprint density at radius 1 is 1.17 bits per heavy atom. The molecule has 0 aliphatic carbocycles. The molecule has 5 heteroatoms. The van der Waals surface area contributed by atoms with Crippen molar-refractivity contribution >= 4 is 29.0 Å². The summed E-state index contributed by atoms with van der Waals surface area (Å²) in [6.45, 7) is 1.85. The Balaban J connectivity index is 2.06. The number of carbonyl (C=O) groups is 1. The van der Waals surface area contributed by atoms with Crippen molar-refractivity contribution in [1.82, 2.24) is 4.98 Å². The molecule has 2 amide bonds. The van der Waals surface area contributed by atoms with Crippen molar-refractivity contribution in [3.05, 3.63) is 53.3 Å². The molecule has 2 rings (SSSR count). The molecule has 1 heterocycles. The Morgan fingerprint density at radius 2 is 1.89 bits per heavy atom. The summed E-state index contributed by atoms with van der Waals surface area (Å²) in [6, 6.07) is 8.48. The summed E-state index contributed by atoms with van der Waals surface area (Å²) in [4.78, 5) is 15.6. The van der Waals surface area contributed by atoms with Crippen molar-refractivity contribution in [2.75, 3.05) is 10.6 Å². The number of pyridine rings is 1. The number of amides is 2. The smallest absolute Gasteiger partial charge is 0.308 e. The molecule has 2 aromatic rings. The normalized spacial score (nSPS) is 9.89. The lowest BCUT2D eigenvalue weighted by Gasteiger charge is -2.10. The molecule has 0 saturated carbocycles. The Kier molecular flexibility index (Phi) is 3.79. The first kappa shape index (κ1) is 12.4. The number of nitrogens with one attached hydrogen (secondary N) is 2.